The Hall–Kier alpha value is -2.74. The van der Waals surface area contributed by atoms with Gasteiger partial charge in [-0.2, -0.15) is 0 Å². The molecule has 0 radical (unpaired) electrons. The highest BCUT2D eigenvalue weighted by Gasteiger charge is 2.71. The first-order chi connectivity index (χ1) is 14.8. The molecule has 4 amide bonds. The van der Waals surface area contributed by atoms with Crippen molar-refractivity contribution in [2.24, 2.45) is 17.6 Å². The van der Waals surface area contributed by atoms with E-state index < -0.39 is 29.3 Å². The maximum Gasteiger partial charge on any atom is 0.250 e. The van der Waals surface area contributed by atoms with Crippen LogP contribution in [-0.2, 0) is 24.7 Å². The Morgan fingerprint density at radius 2 is 1.84 bits per heavy atom. The number of primary amides is 1. The number of rotatable bonds is 3. The van der Waals surface area contributed by atoms with Crippen molar-refractivity contribution in [2.45, 2.75) is 70.0 Å². The maximum atomic E-state index is 13.8. The van der Waals surface area contributed by atoms with Crippen LogP contribution in [0.15, 0.2) is 12.1 Å². The summed E-state index contributed by atoms with van der Waals surface area (Å²) in [5.41, 5.74) is 7.44. The van der Waals surface area contributed by atoms with Crippen LogP contribution in [0.2, 0.25) is 0 Å². The minimum absolute atomic E-state index is 0.103. The van der Waals surface area contributed by atoms with Gasteiger partial charge in [0.25, 0.3) is 0 Å². The molecule has 1 saturated carbocycles. The molecular formula is C23H28N4O4. The lowest BCUT2D eigenvalue weighted by atomic mass is 9.76. The molecule has 3 aliphatic heterocycles. The number of nitrogens with two attached hydrogens (primary N) is 1. The summed E-state index contributed by atoms with van der Waals surface area (Å²) in [4.78, 5) is 54.0. The first-order valence-corrected chi connectivity index (χ1v) is 11.1. The number of fused-ring (bicyclic) bond motifs is 4. The number of nitrogens with one attached hydrogen (secondary N) is 2. The zero-order valence-electron chi connectivity index (χ0n) is 17.9. The van der Waals surface area contributed by atoms with Gasteiger partial charge in [-0.15, -0.1) is 0 Å². The van der Waals surface area contributed by atoms with E-state index >= 15 is 0 Å². The number of benzene rings is 1. The molecule has 164 valence electrons. The summed E-state index contributed by atoms with van der Waals surface area (Å²) in [6.07, 6.45) is 4.54. The third-order valence-corrected chi connectivity index (χ3v) is 7.82. The second-order valence-electron chi connectivity index (χ2n) is 9.46. The van der Waals surface area contributed by atoms with Gasteiger partial charge in [-0.25, -0.2) is 0 Å². The normalized spacial score (nSPS) is 32.5. The van der Waals surface area contributed by atoms with E-state index in [9.17, 15) is 19.2 Å². The second kappa shape index (κ2) is 6.88. The van der Waals surface area contributed by atoms with Crippen LogP contribution in [0.25, 0.3) is 0 Å². The lowest BCUT2D eigenvalue weighted by Crippen LogP contribution is -2.54. The number of nitrogens with zero attached hydrogens (tertiary/aromatic N) is 1. The molecule has 2 saturated heterocycles. The molecule has 5 rings (SSSR count). The predicted octanol–water partition coefficient (Wildman–Crippen LogP) is 1.23. The minimum Gasteiger partial charge on any atom is -0.370 e. The fourth-order valence-electron chi connectivity index (χ4n) is 6.23. The molecule has 1 aliphatic carbocycles. The zero-order valence-corrected chi connectivity index (χ0v) is 17.9. The van der Waals surface area contributed by atoms with Crippen LogP contribution in [0, 0.1) is 25.7 Å². The van der Waals surface area contributed by atoms with Crippen molar-refractivity contribution in [3.63, 3.8) is 0 Å². The number of carbonyl (C=O) groups excluding carboxylic acids is 4. The quantitative estimate of drug-likeness (QED) is 0.630. The van der Waals surface area contributed by atoms with Crippen LogP contribution >= 0.6 is 0 Å². The molecule has 4 atom stereocenters. The summed E-state index contributed by atoms with van der Waals surface area (Å²) in [5.74, 6) is -3.15. The highest BCUT2D eigenvalue weighted by Crippen LogP contribution is 2.54. The Labute approximate surface area is 180 Å². The molecule has 3 fully saturated rings. The molecule has 1 spiro atoms. The van der Waals surface area contributed by atoms with Crippen LogP contribution in [0.3, 0.4) is 0 Å². The lowest BCUT2D eigenvalue weighted by Gasteiger charge is -2.33. The summed E-state index contributed by atoms with van der Waals surface area (Å²) in [6.45, 7) is 3.89. The van der Waals surface area contributed by atoms with Gasteiger partial charge < -0.3 is 11.1 Å². The van der Waals surface area contributed by atoms with Gasteiger partial charge in [0.05, 0.1) is 11.8 Å². The summed E-state index contributed by atoms with van der Waals surface area (Å²) in [7, 11) is 0. The average Bonchev–Trinajstić information content (AvgIpc) is 3.30. The number of hydrogen-bond acceptors (Lipinski definition) is 5. The number of hydrogen-bond donors (Lipinski definition) is 3. The number of imide groups is 1. The van der Waals surface area contributed by atoms with E-state index in [0.29, 0.717) is 11.3 Å². The Balaban J connectivity index is 1.65. The molecule has 8 heteroatoms. The third-order valence-electron chi connectivity index (χ3n) is 7.82. The Morgan fingerprint density at radius 1 is 1.13 bits per heavy atom. The first-order valence-electron chi connectivity index (χ1n) is 11.1. The molecule has 31 heavy (non-hydrogen) atoms. The zero-order chi connectivity index (χ0) is 22.1. The van der Waals surface area contributed by atoms with E-state index in [0.717, 1.165) is 43.2 Å². The van der Waals surface area contributed by atoms with Crippen molar-refractivity contribution in [1.29, 1.82) is 0 Å². The standard InChI is InChI=1S/C23H28N4O4/c1-11-8-9-14-19(12(11)2)25-22(31)23(14)18-17(15(26-23)10-16(24)28)20(29)27(21(18)30)13-6-4-3-5-7-13/h8-9,13,15,17-18,26H,3-7,10H2,1-2H3,(H2,24,28)(H,25,31)/t15-,17+,18+,23-/m0/s1. The van der Waals surface area contributed by atoms with Gasteiger partial charge in [-0.3, -0.25) is 29.4 Å². The van der Waals surface area contributed by atoms with Crippen molar-refractivity contribution in [3.8, 4) is 0 Å². The molecule has 1 aromatic rings. The van der Waals surface area contributed by atoms with Gasteiger partial charge in [0, 0.05) is 29.8 Å². The predicted molar refractivity (Wildman–Crippen MR) is 113 cm³/mol. The molecule has 8 nitrogen and oxygen atoms in total. The maximum absolute atomic E-state index is 13.8. The van der Waals surface area contributed by atoms with Gasteiger partial charge in [0.2, 0.25) is 23.6 Å². The SMILES string of the molecule is Cc1ccc2c(c1C)NC(=O)[C@]21N[C@@H](CC(N)=O)[C@H]2C(=O)N(C3CCCCC3)C(=O)[C@@H]21. The molecule has 3 heterocycles. The fourth-order valence-corrected chi connectivity index (χ4v) is 6.23. The van der Waals surface area contributed by atoms with Gasteiger partial charge in [-0.1, -0.05) is 31.4 Å². The first kappa shape index (κ1) is 20.2. The van der Waals surface area contributed by atoms with Crippen LogP contribution < -0.4 is 16.4 Å². The number of aryl methyl sites for hydroxylation is 1. The van der Waals surface area contributed by atoms with E-state index in [1.807, 2.05) is 26.0 Å². The van der Waals surface area contributed by atoms with Crippen molar-refractivity contribution >= 4 is 29.3 Å². The second-order valence-corrected chi connectivity index (χ2v) is 9.46. The van der Waals surface area contributed by atoms with Gasteiger partial charge >= 0.3 is 0 Å². The minimum atomic E-state index is -1.37. The van der Waals surface area contributed by atoms with Crippen LogP contribution in [0.4, 0.5) is 5.69 Å². The summed E-state index contributed by atoms with van der Waals surface area (Å²) in [6, 6.07) is 2.99. The van der Waals surface area contributed by atoms with Gasteiger partial charge in [0.1, 0.15) is 5.54 Å². The monoisotopic (exact) mass is 424 g/mol. The fraction of sp³-hybridized carbons (Fsp3) is 0.565. The molecule has 0 unspecified atom stereocenters. The molecule has 0 bridgehead atoms. The van der Waals surface area contributed by atoms with E-state index in [1.165, 1.54) is 4.90 Å². The lowest BCUT2D eigenvalue weighted by molar-refractivity contribution is -0.146. The molecule has 1 aromatic carbocycles. The van der Waals surface area contributed by atoms with Crippen molar-refractivity contribution in [1.82, 2.24) is 10.2 Å². The van der Waals surface area contributed by atoms with E-state index in [2.05, 4.69) is 10.6 Å². The molecule has 4 N–H and O–H groups in total. The Bertz CT molecular complexity index is 1020. The van der Waals surface area contributed by atoms with Gasteiger partial charge in [0.15, 0.2) is 0 Å². The van der Waals surface area contributed by atoms with Crippen LogP contribution in [0.5, 0.6) is 0 Å². The summed E-state index contributed by atoms with van der Waals surface area (Å²) >= 11 is 0. The molecular weight excluding hydrogens is 396 g/mol. The van der Waals surface area contributed by atoms with Crippen molar-refractivity contribution < 1.29 is 19.2 Å². The van der Waals surface area contributed by atoms with Crippen LogP contribution in [0.1, 0.15) is 55.2 Å². The number of carbonyl (C=O) groups is 4. The highest BCUT2D eigenvalue weighted by atomic mass is 16.2. The van der Waals surface area contributed by atoms with E-state index in [-0.39, 0.29) is 30.2 Å². The smallest absolute Gasteiger partial charge is 0.250 e. The topological polar surface area (TPSA) is 122 Å². The number of anilines is 1. The van der Waals surface area contributed by atoms with Crippen molar-refractivity contribution in [3.05, 3.63) is 28.8 Å². The molecule has 4 aliphatic rings. The van der Waals surface area contributed by atoms with E-state index in [1.54, 1.807) is 0 Å². The summed E-state index contributed by atoms with van der Waals surface area (Å²) < 4.78 is 0. The van der Waals surface area contributed by atoms with Crippen LogP contribution in [-0.4, -0.2) is 40.6 Å². The number of likely N-dealkylation sites (tertiary alicyclic amines) is 1. The highest BCUT2D eigenvalue weighted by molar-refractivity contribution is 6.15. The van der Waals surface area contributed by atoms with Crippen molar-refractivity contribution in [2.75, 3.05) is 5.32 Å². The van der Waals surface area contributed by atoms with E-state index in [4.69, 9.17) is 5.73 Å². The summed E-state index contributed by atoms with van der Waals surface area (Å²) in [5, 5.41) is 6.21. The number of amides is 4. The molecule has 0 aromatic heterocycles. The Kier molecular flexibility index (Phi) is 4.48. The largest absolute Gasteiger partial charge is 0.370 e. The average molecular weight is 425 g/mol. The Morgan fingerprint density at radius 3 is 2.52 bits per heavy atom. The third kappa shape index (κ3) is 2.63. The van der Waals surface area contributed by atoms with Gasteiger partial charge in [-0.05, 0) is 37.8 Å².